The molecule has 1 aliphatic rings. The van der Waals surface area contributed by atoms with Crippen molar-refractivity contribution < 1.29 is 9.59 Å². The van der Waals surface area contributed by atoms with Gasteiger partial charge in [-0.05, 0) is 55.3 Å². The Morgan fingerprint density at radius 2 is 1.79 bits per heavy atom. The minimum atomic E-state index is -0.146. The zero-order valence-corrected chi connectivity index (χ0v) is 15.6. The van der Waals surface area contributed by atoms with Gasteiger partial charge in [-0.25, -0.2) is 9.67 Å². The molecule has 1 aliphatic heterocycles. The molecule has 1 aromatic heterocycles. The molecule has 7 nitrogen and oxygen atoms in total. The van der Waals surface area contributed by atoms with E-state index in [4.69, 9.17) is 0 Å². The van der Waals surface area contributed by atoms with Crippen molar-refractivity contribution in [3.05, 3.63) is 72.3 Å². The van der Waals surface area contributed by atoms with Crippen molar-refractivity contribution in [1.29, 1.82) is 0 Å². The number of amides is 2. The van der Waals surface area contributed by atoms with Crippen LogP contribution in [0.2, 0.25) is 0 Å². The molecular weight excluding hydrogens is 354 g/mol. The SMILES string of the molecule is C[C@@H](NC(=O)c1ccc(N2CCCC2=O)cc1)c1ccc(-n2cncn2)cc1. The Balaban J connectivity index is 1.40. The fourth-order valence-corrected chi connectivity index (χ4v) is 3.33. The van der Waals surface area contributed by atoms with Gasteiger partial charge in [-0.15, -0.1) is 0 Å². The Hall–Kier alpha value is -3.48. The number of hydrogen-bond acceptors (Lipinski definition) is 4. The summed E-state index contributed by atoms with van der Waals surface area (Å²) in [5.41, 5.74) is 3.32. The number of anilines is 1. The van der Waals surface area contributed by atoms with Crippen molar-refractivity contribution >= 4 is 17.5 Å². The number of hydrogen-bond donors (Lipinski definition) is 1. The molecule has 1 N–H and O–H groups in total. The molecule has 0 radical (unpaired) electrons. The number of carbonyl (C=O) groups is 2. The second-order valence-corrected chi connectivity index (χ2v) is 6.82. The minimum absolute atomic E-state index is 0.139. The van der Waals surface area contributed by atoms with E-state index in [2.05, 4.69) is 15.4 Å². The van der Waals surface area contributed by atoms with Gasteiger partial charge in [-0.1, -0.05) is 12.1 Å². The third-order valence-electron chi connectivity index (χ3n) is 4.94. The van der Waals surface area contributed by atoms with E-state index in [-0.39, 0.29) is 17.9 Å². The summed E-state index contributed by atoms with van der Waals surface area (Å²) >= 11 is 0. The lowest BCUT2D eigenvalue weighted by atomic mass is 10.1. The highest BCUT2D eigenvalue weighted by Gasteiger charge is 2.21. The van der Waals surface area contributed by atoms with Crippen LogP contribution in [0.4, 0.5) is 5.69 Å². The molecular formula is C21H21N5O2. The predicted molar refractivity (Wildman–Crippen MR) is 105 cm³/mol. The third kappa shape index (κ3) is 3.64. The molecule has 2 heterocycles. The average molecular weight is 375 g/mol. The van der Waals surface area contributed by atoms with E-state index in [0.717, 1.165) is 29.9 Å². The van der Waals surface area contributed by atoms with Gasteiger partial charge in [0.15, 0.2) is 0 Å². The lowest BCUT2D eigenvalue weighted by Gasteiger charge is -2.17. The Morgan fingerprint density at radius 1 is 1.07 bits per heavy atom. The molecule has 2 aromatic carbocycles. The lowest BCUT2D eigenvalue weighted by molar-refractivity contribution is -0.117. The normalized spacial score (nSPS) is 14.9. The van der Waals surface area contributed by atoms with Gasteiger partial charge >= 0.3 is 0 Å². The van der Waals surface area contributed by atoms with Crippen molar-refractivity contribution in [1.82, 2.24) is 20.1 Å². The van der Waals surface area contributed by atoms with Crippen molar-refractivity contribution in [3.63, 3.8) is 0 Å². The van der Waals surface area contributed by atoms with Crippen LogP contribution in [0.3, 0.4) is 0 Å². The van der Waals surface area contributed by atoms with Crippen molar-refractivity contribution in [2.24, 2.45) is 0 Å². The van der Waals surface area contributed by atoms with Gasteiger partial charge in [0.1, 0.15) is 12.7 Å². The maximum atomic E-state index is 12.6. The van der Waals surface area contributed by atoms with E-state index >= 15 is 0 Å². The van der Waals surface area contributed by atoms with E-state index in [1.54, 1.807) is 28.0 Å². The molecule has 7 heteroatoms. The number of nitrogens with zero attached hydrogens (tertiary/aromatic N) is 4. The summed E-state index contributed by atoms with van der Waals surface area (Å²) in [5.74, 6) is -0.00712. The van der Waals surface area contributed by atoms with Crippen molar-refractivity contribution in [3.8, 4) is 5.69 Å². The van der Waals surface area contributed by atoms with Gasteiger partial charge in [0.2, 0.25) is 5.91 Å². The zero-order chi connectivity index (χ0) is 19.5. The summed E-state index contributed by atoms with van der Waals surface area (Å²) in [4.78, 5) is 30.1. The molecule has 3 aromatic rings. The van der Waals surface area contributed by atoms with E-state index in [1.807, 2.05) is 43.3 Å². The standard InChI is InChI=1S/C21H21N5O2/c1-15(16-4-10-19(11-5-16)26-14-22-13-23-26)24-21(28)17-6-8-18(9-7-17)25-12-2-3-20(25)27/h4-11,13-15H,2-3,12H2,1H3,(H,24,28)/t15-/m1/s1. The van der Waals surface area contributed by atoms with Crippen LogP contribution in [-0.2, 0) is 4.79 Å². The first kappa shape index (κ1) is 17.9. The molecule has 1 fully saturated rings. The topological polar surface area (TPSA) is 80.1 Å². The fourth-order valence-electron chi connectivity index (χ4n) is 3.33. The second kappa shape index (κ2) is 7.64. The summed E-state index contributed by atoms with van der Waals surface area (Å²) < 4.78 is 1.68. The molecule has 28 heavy (non-hydrogen) atoms. The van der Waals surface area contributed by atoms with Crippen LogP contribution in [0.15, 0.2) is 61.2 Å². The summed E-state index contributed by atoms with van der Waals surface area (Å²) in [7, 11) is 0. The van der Waals surface area contributed by atoms with Crippen LogP contribution in [0.25, 0.3) is 5.69 Å². The maximum Gasteiger partial charge on any atom is 0.251 e. The summed E-state index contributed by atoms with van der Waals surface area (Å²) in [6.45, 7) is 2.69. The molecule has 0 spiro atoms. The van der Waals surface area contributed by atoms with Gasteiger partial charge in [0, 0.05) is 24.2 Å². The second-order valence-electron chi connectivity index (χ2n) is 6.82. The van der Waals surface area contributed by atoms with Gasteiger partial charge in [0.25, 0.3) is 5.91 Å². The molecule has 0 unspecified atom stereocenters. The van der Waals surface area contributed by atoms with Crippen LogP contribution in [0, 0.1) is 0 Å². The highest BCUT2D eigenvalue weighted by atomic mass is 16.2. The van der Waals surface area contributed by atoms with Gasteiger partial charge in [0.05, 0.1) is 11.7 Å². The first-order chi connectivity index (χ1) is 13.6. The first-order valence-electron chi connectivity index (χ1n) is 9.28. The Labute approximate surface area is 163 Å². The minimum Gasteiger partial charge on any atom is -0.346 e. The largest absolute Gasteiger partial charge is 0.346 e. The van der Waals surface area contributed by atoms with Crippen LogP contribution in [0.1, 0.15) is 41.7 Å². The van der Waals surface area contributed by atoms with E-state index in [9.17, 15) is 9.59 Å². The van der Waals surface area contributed by atoms with Crippen LogP contribution in [-0.4, -0.2) is 33.1 Å². The van der Waals surface area contributed by atoms with Gasteiger partial charge < -0.3 is 10.2 Å². The van der Waals surface area contributed by atoms with Crippen molar-refractivity contribution in [2.75, 3.05) is 11.4 Å². The average Bonchev–Trinajstić information content (AvgIpc) is 3.40. The Bertz CT molecular complexity index is 965. The molecule has 0 aliphatic carbocycles. The van der Waals surface area contributed by atoms with Crippen LogP contribution >= 0.6 is 0 Å². The van der Waals surface area contributed by atoms with Crippen molar-refractivity contribution in [2.45, 2.75) is 25.8 Å². The van der Waals surface area contributed by atoms with Crippen LogP contribution in [0.5, 0.6) is 0 Å². The van der Waals surface area contributed by atoms with Gasteiger partial charge in [-0.2, -0.15) is 5.10 Å². The van der Waals surface area contributed by atoms with E-state index in [0.29, 0.717) is 12.0 Å². The molecule has 142 valence electrons. The van der Waals surface area contributed by atoms with Gasteiger partial charge in [-0.3, -0.25) is 9.59 Å². The molecule has 4 rings (SSSR count). The van der Waals surface area contributed by atoms with E-state index in [1.165, 1.54) is 6.33 Å². The summed E-state index contributed by atoms with van der Waals surface area (Å²) in [6, 6.07) is 14.8. The number of carbonyl (C=O) groups excluding carboxylic acids is 2. The highest BCUT2D eigenvalue weighted by molar-refractivity contribution is 5.97. The maximum absolute atomic E-state index is 12.6. The number of nitrogens with one attached hydrogen (secondary N) is 1. The molecule has 0 bridgehead atoms. The summed E-state index contributed by atoms with van der Waals surface area (Å²) in [5, 5.41) is 7.11. The smallest absolute Gasteiger partial charge is 0.251 e. The Morgan fingerprint density at radius 3 is 2.39 bits per heavy atom. The molecule has 1 atom stereocenters. The number of rotatable bonds is 5. The Kier molecular flexibility index (Phi) is 4.89. The van der Waals surface area contributed by atoms with Crippen LogP contribution < -0.4 is 10.2 Å². The highest BCUT2D eigenvalue weighted by Crippen LogP contribution is 2.22. The molecule has 0 saturated carbocycles. The number of aromatic nitrogens is 3. The summed E-state index contributed by atoms with van der Waals surface area (Å²) in [6.07, 6.45) is 4.60. The molecule has 1 saturated heterocycles. The monoisotopic (exact) mass is 375 g/mol. The quantitative estimate of drug-likeness (QED) is 0.744. The number of benzene rings is 2. The van der Waals surface area contributed by atoms with E-state index < -0.39 is 0 Å². The lowest BCUT2D eigenvalue weighted by Crippen LogP contribution is -2.27. The first-order valence-corrected chi connectivity index (χ1v) is 9.28. The molecule has 2 amide bonds. The third-order valence-corrected chi connectivity index (χ3v) is 4.94. The zero-order valence-electron chi connectivity index (χ0n) is 15.6. The fraction of sp³-hybridized carbons (Fsp3) is 0.238. The predicted octanol–water partition coefficient (Wildman–Crippen LogP) is 2.89.